The van der Waals surface area contributed by atoms with Gasteiger partial charge < -0.3 is 9.64 Å². The third-order valence-corrected chi connectivity index (χ3v) is 3.81. The molecule has 0 saturated carbocycles. The summed E-state index contributed by atoms with van der Waals surface area (Å²) in [5, 5.41) is 0. The standard InChI is InChI=1S/C17H27NO/c1-15(2)10-13-19-17(14-18-11-6-7-12-18)16-8-4-3-5-9-16/h3-5,8-9,15,17H,6-7,10-14H2,1-2H3/t17-/m1/s1. The summed E-state index contributed by atoms with van der Waals surface area (Å²) in [7, 11) is 0. The van der Waals surface area contributed by atoms with Gasteiger partial charge in [-0.25, -0.2) is 0 Å². The Bertz CT molecular complexity index is 344. The Hall–Kier alpha value is -0.860. The molecule has 0 bridgehead atoms. The lowest BCUT2D eigenvalue weighted by Crippen LogP contribution is -2.27. The van der Waals surface area contributed by atoms with Crippen molar-refractivity contribution < 1.29 is 4.74 Å². The third kappa shape index (κ3) is 4.96. The Morgan fingerprint density at radius 2 is 1.79 bits per heavy atom. The van der Waals surface area contributed by atoms with Gasteiger partial charge in [0, 0.05) is 13.2 Å². The molecule has 0 aromatic heterocycles. The van der Waals surface area contributed by atoms with E-state index in [0.717, 1.165) is 19.6 Å². The number of hydrogen-bond acceptors (Lipinski definition) is 2. The molecule has 0 aliphatic carbocycles. The monoisotopic (exact) mass is 261 g/mol. The van der Waals surface area contributed by atoms with Gasteiger partial charge in [-0.3, -0.25) is 0 Å². The van der Waals surface area contributed by atoms with Gasteiger partial charge in [0.15, 0.2) is 0 Å². The van der Waals surface area contributed by atoms with Crippen LogP contribution in [0.25, 0.3) is 0 Å². The van der Waals surface area contributed by atoms with Crippen LogP contribution < -0.4 is 0 Å². The molecule has 0 N–H and O–H groups in total. The molecular weight excluding hydrogens is 234 g/mol. The predicted molar refractivity (Wildman–Crippen MR) is 80.3 cm³/mol. The molecule has 1 heterocycles. The predicted octanol–water partition coefficient (Wildman–Crippen LogP) is 3.89. The highest BCUT2D eigenvalue weighted by atomic mass is 16.5. The SMILES string of the molecule is CC(C)CCO[C@H](CN1CCCC1)c1ccccc1. The molecule has 1 fully saturated rings. The lowest BCUT2D eigenvalue weighted by molar-refractivity contribution is 0.0242. The van der Waals surface area contributed by atoms with Gasteiger partial charge in [0.05, 0.1) is 6.10 Å². The molecule has 2 rings (SSSR count). The van der Waals surface area contributed by atoms with Crippen molar-refractivity contribution in [2.24, 2.45) is 5.92 Å². The van der Waals surface area contributed by atoms with Gasteiger partial charge in [0.1, 0.15) is 0 Å². The number of hydrogen-bond donors (Lipinski definition) is 0. The molecule has 19 heavy (non-hydrogen) atoms. The summed E-state index contributed by atoms with van der Waals surface area (Å²) in [5.41, 5.74) is 1.32. The summed E-state index contributed by atoms with van der Waals surface area (Å²) in [6, 6.07) is 10.7. The molecule has 1 aromatic rings. The van der Waals surface area contributed by atoms with Crippen LogP contribution in [0.3, 0.4) is 0 Å². The van der Waals surface area contributed by atoms with Crippen LogP contribution in [0, 0.1) is 5.92 Å². The summed E-state index contributed by atoms with van der Waals surface area (Å²) in [5.74, 6) is 0.711. The van der Waals surface area contributed by atoms with Crippen LogP contribution in [0.15, 0.2) is 30.3 Å². The molecule has 106 valence electrons. The minimum Gasteiger partial charge on any atom is -0.372 e. The molecule has 0 radical (unpaired) electrons. The number of likely N-dealkylation sites (tertiary alicyclic amines) is 1. The maximum Gasteiger partial charge on any atom is 0.0951 e. The molecule has 2 nitrogen and oxygen atoms in total. The van der Waals surface area contributed by atoms with Crippen LogP contribution in [0.4, 0.5) is 0 Å². The Kier molecular flexibility index (Phi) is 5.87. The smallest absolute Gasteiger partial charge is 0.0951 e. The van der Waals surface area contributed by atoms with E-state index >= 15 is 0 Å². The van der Waals surface area contributed by atoms with Crippen molar-refractivity contribution in [3.63, 3.8) is 0 Å². The number of rotatable bonds is 7. The van der Waals surface area contributed by atoms with Crippen LogP contribution in [0.2, 0.25) is 0 Å². The largest absolute Gasteiger partial charge is 0.372 e. The molecule has 1 aliphatic rings. The average molecular weight is 261 g/mol. The first kappa shape index (κ1) is 14.5. The fourth-order valence-corrected chi connectivity index (χ4v) is 2.57. The van der Waals surface area contributed by atoms with Gasteiger partial charge in [-0.15, -0.1) is 0 Å². The van der Waals surface area contributed by atoms with Gasteiger partial charge >= 0.3 is 0 Å². The average Bonchev–Trinajstić information content (AvgIpc) is 2.91. The lowest BCUT2D eigenvalue weighted by Gasteiger charge is -2.24. The van der Waals surface area contributed by atoms with Crippen molar-refractivity contribution in [3.8, 4) is 0 Å². The zero-order valence-electron chi connectivity index (χ0n) is 12.3. The van der Waals surface area contributed by atoms with Crippen LogP contribution in [0.5, 0.6) is 0 Å². The highest BCUT2D eigenvalue weighted by molar-refractivity contribution is 5.18. The minimum atomic E-state index is 0.234. The molecule has 0 unspecified atom stereocenters. The molecule has 0 amide bonds. The van der Waals surface area contributed by atoms with E-state index in [1.807, 2.05) is 0 Å². The summed E-state index contributed by atoms with van der Waals surface area (Å²) in [4.78, 5) is 2.53. The topological polar surface area (TPSA) is 12.5 Å². The van der Waals surface area contributed by atoms with Gasteiger partial charge in [-0.1, -0.05) is 44.2 Å². The van der Waals surface area contributed by atoms with E-state index in [4.69, 9.17) is 4.74 Å². The Balaban J connectivity index is 1.92. The lowest BCUT2D eigenvalue weighted by atomic mass is 10.1. The summed E-state index contributed by atoms with van der Waals surface area (Å²) in [6.07, 6.45) is 4.06. The van der Waals surface area contributed by atoms with Crippen molar-refractivity contribution in [2.45, 2.75) is 39.2 Å². The van der Waals surface area contributed by atoms with Crippen molar-refractivity contribution in [1.29, 1.82) is 0 Å². The van der Waals surface area contributed by atoms with E-state index < -0.39 is 0 Å². The Morgan fingerprint density at radius 3 is 2.42 bits per heavy atom. The van der Waals surface area contributed by atoms with E-state index in [0.29, 0.717) is 5.92 Å². The fraction of sp³-hybridized carbons (Fsp3) is 0.647. The third-order valence-electron chi connectivity index (χ3n) is 3.81. The Morgan fingerprint density at radius 1 is 1.11 bits per heavy atom. The maximum atomic E-state index is 6.16. The molecule has 2 heteroatoms. The van der Waals surface area contributed by atoms with Gasteiger partial charge in [-0.2, -0.15) is 0 Å². The molecule has 1 aromatic carbocycles. The second kappa shape index (κ2) is 7.66. The van der Waals surface area contributed by atoms with Gasteiger partial charge in [0.25, 0.3) is 0 Å². The van der Waals surface area contributed by atoms with Gasteiger partial charge in [0.2, 0.25) is 0 Å². The van der Waals surface area contributed by atoms with E-state index in [2.05, 4.69) is 49.1 Å². The van der Waals surface area contributed by atoms with E-state index in [1.54, 1.807) is 0 Å². The second-order valence-electron chi connectivity index (χ2n) is 5.96. The first-order chi connectivity index (χ1) is 9.25. The van der Waals surface area contributed by atoms with Crippen molar-refractivity contribution in [1.82, 2.24) is 4.90 Å². The number of ether oxygens (including phenoxy) is 1. The van der Waals surface area contributed by atoms with Crippen LogP contribution in [-0.4, -0.2) is 31.1 Å². The molecule has 0 spiro atoms. The van der Waals surface area contributed by atoms with Crippen molar-refractivity contribution in [2.75, 3.05) is 26.2 Å². The van der Waals surface area contributed by atoms with Crippen LogP contribution >= 0.6 is 0 Å². The summed E-state index contributed by atoms with van der Waals surface area (Å²) < 4.78 is 6.16. The summed E-state index contributed by atoms with van der Waals surface area (Å²) in [6.45, 7) is 8.88. The fourth-order valence-electron chi connectivity index (χ4n) is 2.57. The molecular formula is C17H27NO. The second-order valence-corrected chi connectivity index (χ2v) is 5.96. The highest BCUT2D eigenvalue weighted by Gasteiger charge is 2.19. The number of nitrogens with zero attached hydrogens (tertiary/aromatic N) is 1. The Labute approximate surface area is 117 Å². The van der Waals surface area contributed by atoms with Crippen molar-refractivity contribution >= 4 is 0 Å². The zero-order chi connectivity index (χ0) is 13.5. The van der Waals surface area contributed by atoms with E-state index in [-0.39, 0.29) is 6.10 Å². The summed E-state index contributed by atoms with van der Waals surface area (Å²) >= 11 is 0. The maximum absolute atomic E-state index is 6.16. The highest BCUT2D eigenvalue weighted by Crippen LogP contribution is 2.21. The van der Waals surface area contributed by atoms with Crippen molar-refractivity contribution in [3.05, 3.63) is 35.9 Å². The first-order valence-electron chi connectivity index (χ1n) is 7.64. The quantitative estimate of drug-likeness (QED) is 0.738. The van der Waals surface area contributed by atoms with Crippen LogP contribution in [0.1, 0.15) is 44.8 Å². The van der Waals surface area contributed by atoms with E-state index in [1.165, 1.54) is 31.5 Å². The normalized spacial score (nSPS) is 18.1. The number of benzene rings is 1. The first-order valence-corrected chi connectivity index (χ1v) is 7.64. The van der Waals surface area contributed by atoms with Crippen LogP contribution in [-0.2, 0) is 4.74 Å². The molecule has 1 atom stereocenters. The minimum absolute atomic E-state index is 0.234. The van der Waals surface area contributed by atoms with Gasteiger partial charge in [-0.05, 0) is 43.8 Å². The van der Waals surface area contributed by atoms with E-state index in [9.17, 15) is 0 Å². The zero-order valence-corrected chi connectivity index (χ0v) is 12.3. The molecule has 1 aliphatic heterocycles. The molecule has 1 saturated heterocycles.